The number of hydrogen-bond donors (Lipinski definition) is 0. The van der Waals surface area contributed by atoms with E-state index in [1.807, 2.05) is 0 Å². The highest BCUT2D eigenvalue weighted by atomic mass is 15.0. The van der Waals surface area contributed by atoms with Gasteiger partial charge in [0.05, 0.1) is 0 Å². The molecule has 1 aliphatic carbocycles. The Labute approximate surface area is 96.2 Å². The summed E-state index contributed by atoms with van der Waals surface area (Å²) in [5.74, 6) is 2.94. The van der Waals surface area contributed by atoms with E-state index >= 15 is 0 Å². The predicted molar refractivity (Wildman–Crippen MR) is 68.1 cm³/mol. The maximum atomic E-state index is 2.43. The molecule has 1 saturated carbocycles. The van der Waals surface area contributed by atoms with Gasteiger partial charge in [-0.15, -0.1) is 0 Å². The molecule has 0 spiro atoms. The normalized spacial score (nSPS) is 29.4. The van der Waals surface area contributed by atoms with Gasteiger partial charge >= 0.3 is 0 Å². The molecule has 0 N–H and O–H groups in total. The van der Waals surface area contributed by atoms with Gasteiger partial charge in [0.1, 0.15) is 0 Å². The van der Waals surface area contributed by atoms with Gasteiger partial charge in [0.15, 0.2) is 0 Å². The molecule has 0 aromatic carbocycles. The lowest BCUT2D eigenvalue weighted by Gasteiger charge is -2.29. The zero-order chi connectivity index (χ0) is 11.3. The zero-order valence-electron chi connectivity index (χ0n) is 11.1. The minimum atomic E-state index is 0.919. The van der Waals surface area contributed by atoms with E-state index < -0.39 is 0 Å². The molecule has 0 aromatic rings. The molecule has 1 aliphatic rings. The van der Waals surface area contributed by atoms with E-state index in [0.717, 1.165) is 17.8 Å². The highest BCUT2D eigenvalue weighted by molar-refractivity contribution is 4.72. The molecule has 0 bridgehead atoms. The van der Waals surface area contributed by atoms with Gasteiger partial charge in [-0.25, -0.2) is 0 Å². The first-order valence-corrected chi connectivity index (χ1v) is 6.72. The summed E-state index contributed by atoms with van der Waals surface area (Å²) in [6.07, 6.45) is 8.79. The predicted octanol–water partition coefficient (Wildman–Crippen LogP) is 3.79. The largest absolute Gasteiger partial charge is 0.309 e. The van der Waals surface area contributed by atoms with Crippen LogP contribution >= 0.6 is 0 Å². The molecule has 1 nitrogen and oxygen atoms in total. The summed E-state index contributed by atoms with van der Waals surface area (Å²) in [6.45, 7) is 6.11. The third kappa shape index (κ3) is 5.55. The third-order valence-corrected chi connectivity index (χ3v) is 3.85. The summed E-state index contributed by atoms with van der Waals surface area (Å²) in [6, 6.07) is 0. The Morgan fingerprint density at radius 3 is 2.60 bits per heavy atom. The topological polar surface area (TPSA) is 3.24 Å². The SMILES string of the molecule is CC1CCCC(CC(C)CCN(C)C)C1. The zero-order valence-corrected chi connectivity index (χ0v) is 11.1. The van der Waals surface area contributed by atoms with Crippen LogP contribution in [-0.2, 0) is 0 Å². The Hall–Kier alpha value is -0.0400. The summed E-state index contributed by atoms with van der Waals surface area (Å²) in [7, 11) is 4.35. The van der Waals surface area contributed by atoms with Crippen molar-refractivity contribution in [3.63, 3.8) is 0 Å². The lowest BCUT2D eigenvalue weighted by Crippen LogP contribution is -2.19. The van der Waals surface area contributed by atoms with Crippen molar-refractivity contribution in [1.29, 1.82) is 0 Å². The van der Waals surface area contributed by atoms with Crippen LogP contribution in [0.4, 0.5) is 0 Å². The maximum absolute atomic E-state index is 2.43. The Morgan fingerprint density at radius 2 is 2.00 bits per heavy atom. The van der Waals surface area contributed by atoms with Gasteiger partial charge in [0.2, 0.25) is 0 Å². The highest BCUT2D eigenvalue weighted by Crippen LogP contribution is 2.33. The second kappa shape index (κ2) is 6.52. The van der Waals surface area contributed by atoms with Gasteiger partial charge in [-0.3, -0.25) is 0 Å². The van der Waals surface area contributed by atoms with Crippen LogP contribution in [0, 0.1) is 17.8 Å². The summed E-state index contributed by atoms with van der Waals surface area (Å²) in [5, 5.41) is 0. The first-order chi connectivity index (χ1) is 7.08. The van der Waals surface area contributed by atoms with Gasteiger partial charge in [0.25, 0.3) is 0 Å². The molecule has 3 atom stereocenters. The monoisotopic (exact) mass is 211 g/mol. The smallest absolute Gasteiger partial charge is 0.00223 e. The molecule has 0 heterocycles. The summed E-state index contributed by atoms with van der Waals surface area (Å²) >= 11 is 0. The molecule has 0 aliphatic heterocycles. The van der Waals surface area contributed by atoms with E-state index in [1.54, 1.807) is 0 Å². The average molecular weight is 211 g/mol. The minimum absolute atomic E-state index is 0.919. The molecule has 0 aromatic heterocycles. The van der Waals surface area contributed by atoms with Crippen LogP contribution in [-0.4, -0.2) is 25.5 Å². The second-order valence-corrected chi connectivity index (χ2v) is 6.07. The van der Waals surface area contributed by atoms with E-state index in [0.29, 0.717) is 0 Å². The molecule has 3 unspecified atom stereocenters. The number of hydrogen-bond acceptors (Lipinski definition) is 1. The van der Waals surface area contributed by atoms with Gasteiger partial charge in [-0.05, 0) is 57.7 Å². The Bertz CT molecular complexity index is 165. The Morgan fingerprint density at radius 1 is 1.27 bits per heavy atom. The highest BCUT2D eigenvalue weighted by Gasteiger charge is 2.20. The van der Waals surface area contributed by atoms with Crippen LogP contribution in [0.2, 0.25) is 0 Å². The maximum Gasteiger partial charge on any atom is -0.00223 e. The molecule has 90 valence electrons. The van der Waals surface area contributed by atoms with E-state index in [1.165, 1.54) is 45.1 Å². The van der Waals surface area contributed by atoms with Crippen molar-refractivity contribution >= 4 is 0 Å². The summed E-state index contributed by atoms with van der Waals surface area (Å²) < 4.78 is 0. The van der Waals surface area contributed by atoms with Crippen molar-refractivity contribution in [3.8, 4) is 0 Å². The first kappa shape index (κ1) is 13.0. The molecular formula is C14H29N. The number of nitrogens with zero attached hydrogens (tertiary/aromatic N) is 1. The molecule has 15 heavy (non-hydrogen) atoms. The van der Waals surface area contributed by atoms with Crippen molar-refractivity contribution in [2.45, 2.75) is 52.4 Å². The van der Waals surface area contributed by atoms with Crippen LogP contribution in [0.25, 0.3) is 0 Å². The molecular weight excluding hydrogens is 182 g/mol. The standard InChI is InChI=1S/C14H29N/c1-12-6-5-7-14(10-12)11-13(2)8-9-15(3)4/h12-14H,5-11H2,1-4H3. The van der Waals surface area contributed by atoms with Gasteiger partial charge < -0.3 is 4.90 Å². The van der Waals surface area contributed by atoms with E-state index in [9.17, 15) is 0 Å². The fourth-order valence-electron chi connectivity index (χ4n) is 2.94. The van der Waals surface area contributed by atoms with Crippen molar-refractivity contribution < 1.29 is 0 Å². The molecule has 0 radical (unpaired) electrons. The molecule has 0 amide bonds. The van der Waals surface area contributed by atoms with Crippen molar-refractivity contribution in [1.82, 2.24) is 4.90 Å². The molecule has 0 saturated heterocycles. The minimum Gasteiger partial charge on any atom is -0.309 e. The van der Waals surface area contributed by atoms with Crippen molar-refractivity contribution in [2.75, 3.05) is 20.6 Å². The van der Waals surface area contributed by atoms with Crippen LogP contribution in [0.15, 0.2) is 0 Å². The lowest BCUT2D eigenvalue weighted by atomic mass is 9.78. The van der Waals surface area contributed by atoms with Crippen LogP contribution < -0.4 is 0 Å². The fourth-order valence-corrected chi connectivity index (χ4v) is 2.94. The van der Waals surface area contributed by atoms with Crippen molar-refractivity contribution in [3.05, 3.63) is 0 Å². The average Bonchev–Trinajstić information content (AvgIpc) is 2.15. The van der Waals surface area contributed by atoms with E-state index in [2.05, 4.69) is 32.8 Å². The Balaban J connectivity index is 2.16. The van der Waals surface area contributed by atoms with Gasteiger partial charge in [-0.2, -0.15) is 0 Å². The lowest BCUT2D eigenvalue weighted by molar-refractivity contribution is 0.231. The van der Waals surface area contributed by atoms with Gasteiger partial charge in [-0.1, -0.05) is 33.1 Å². The molecule has 1 rings (SSSR count). The quantitative estimate of drug-likeness (QED) is 0.669. The van der Waals surface area contributed by atoms with Crippen LogP contribution in [0.5, 0.6) is 0 Å². The Kier molecular flexibility index (Phi) is 5.66. The molecule has 1 fully saturated rings. The first-order valence-electron chi connectivity index (χ1n) is 6.72. The second-order valence-electron chi connectivity index (χ2n) is 6.07. The van der Waals surface area contributed by atoms with Crippen LogP contribution in [0.1, 0.15) is 52.4 Å². The van der Waals surface area contributed by atoms with Crippen LogP contribution in [0.3, 0.4) is 0 Å². The summed E-state index contributed by atoms with van der Waals surface area (Å²) in [4.78, 5) is 2.31. The summed E-state index contributed by atoms with van der Waals surface area (Å²) in [5.41, 5.74) is 0. The number of rotatable bonds is 5. The fraction of sp³-hybridized carbons (Fsp3) is 1.00. The molecule has 1 heteroatoms. The third-order valence-electron chi connectivity index (χ3n) is 3.85. The van der Waals surface area contributed by atoms with E-state index in [4.69, 9.17) is 0 Å². The van der Waals surface area contributed by atoms with Crippen molar-refractivity contribution in [2.24, 2.45) is 17.8 Å². The van der Waals surface area contributed by atoms with Gasteiger partial charge in [0, 0.05) is 0 Å². The van der Waals surface area contributed by atoms with E-state index in [-0.39, 0.29) is 0 Å².